The summed E-state index contributed by atoms with van der Waals surface area (Å²) in [6, 6.07) is 8.04. The van der Waals surface area contributed by atoms with Gasteiger partial charge in [0.25, 0.3) is 0 Å². The van der Waals surface area contributed by atoms with Crippen LogP contribution >= 0.6 is 23.4 Å². The van der Waals surface area contributed by atoms with Gasteiger partial charge in [-0.05, 0) is 36.1 Å². The highest BCUT2D eigenvalue weighted by atomic mass is 35.5. The van der Waals surface area contributed by atoms with E-state index in [0.29, 0.717) is 0 Å². The molecule has 0 saturated carbocycles. The molecule has 0 spiro atoms. The third-order valence-corrected chi connectivity index (χ3v) is 2.33. The maximum Gasteiger partial charge on any atom is 0.0408 e. The zero-order valence-corrected chi connectivity index (χ0v) is 8.08. The Balaban J connectivity index is 2.56. The van der Waals surface area contributed by atoms with Gasteiger partial charge >= 0.3 is 0 Å². The molecular weight excluding hydrogens is 176 g/mol. The maximum atomic E-state index is 5.82. The molecule has 0 amide bonds. The number of benzene rings is 1. The highest BCUT2D eigenvalue weighted by Crippen LogP contribution is 2.12. The van der Waals surface area contributed by atoms with E-state index in [0.717, 1.165) is 11.4 Å². The molecule has 0 radical (unpaired) electrons. The van der Waals surface area contributed by atoms with Crippen LogP contribution in [0.15, 0.2) is 24.3 Å². The molecule has 0 saturated heterocycles. The highest BCUT2D eigenvalue weighted by molar-refractivity contribution is 7.98. The van der Waals surface area contributed by atoms with E-state index in [-0.39, 0.29) is 0 Å². The van der Waals surface area contributed by atoms with Gasteiger partial charge in [0.2, 0.25) is 0 Å². The van der Waals surface area contributed by atoms with Crippen molar-refractivity contribution in [2.45, 2.75) is 6.42 Å². The molecular formula is C9H11ClS. The lowest BCUT2D eigenvalue weighted by molar-refractivity contribution is 1.16. The zero-order valence-electron chi connectivity index (χ0n) is 6.51. The second-order valence-electron chi connectivity index (χ2n) is 2.37. The number of hydrogen-bond acceptors (Lipinski definition) is 1. The Morgan fingerprint density at radius 2 is 2.27 bits per heavy atom. The molecule has 0 atom stereocenters. The molecule has 1 rings (SSSR count). The van der Waals surface area contributed by atoms with Crippen molar-refractivity contribution in [3.8, 4) is 0 Å². The molecule has 60 valence electrons. The van der Waals surface area contributed by atoms with Crippen molar-refractivity contribution in [1.29, 1.82) is 0 Å². The fourth-order valence-corrected chi connectivity index (χ4v) is 1.57. The molecule has 2 heteroatoms. The predicted molar refractivity (Wildman–Crippen MR) is 53.5 cm³/mol. The van der Waals surface area contributed by atoms with E-state index in [1.165, 1.54) is 11.3 Å². The fourth-order valence-electron chi connectivity index (χ4n) is 0.912. The quantitative estimate of drug-likeness (QED) is 0.699. The molecule has 0 bridgehead atoms. The average molecular weight is 187 g/mol. The van der Waals surface area contributed by atoms with Crippen molar-refractivity contribution >= 4 is 23.4 Å². The van der Waals surface area contributed by atoms with Crippen LogP contribution in [-0.4, -0.2) is 12.0 Å². The first kappa shape index (κ1) is 8.95. The lowest BCUT2D eigenvalue weighted by Crippen LogP contribution is -1.86. The van der Waals surface area contributed by atoms with Gasteiger partial charge in [-0.15, -0.1) is 0 Å². The summed E-state index contributed by atoms with van der Waals surface area (Å²) in [5.74, 6) is 1.17. The molecule has 0 aliphatic rings. The summed E-state index contributed by atoms with van der Waals surface area (Å²) in [5, 5.41) is 0.837. The summed E-state index contributed by atoms with van der Waals surface area (Å²) in [6.07, 6.45) is 3.23. The van der Waals surface area contributed by atoms with E-state index in [4.69, 9.17) is 11.6 Å². The minimum atomic E-state index is 0.837. The van der Waals surface area contributed by atoms with Gasteiger partial charge in [0.1, 0.15) is 0 Å². The van der Waals surface area contributed by atoms with E-state index in [1.54, 1.807) is 0 Å². The van der Waals surface area contributed by atoms with Gasteiger partial charge in [0.15, 0.2) is 0 Å². The third kappa shape index (κ3) is 3.17. The normalized spacial score (nSPS) is 10.0. The van der Waals surface area contributed by atoms with Crippen LogP contribution in [0.1, 0.15) is 5.56 Å². The monoisotopic (exact) mass is 186 g/mol. The van der Waals surface area contributed by atoms with E-state index >= 15 is 0 Å². The van der Waals surface area contributed by atoms with Gasteiger partial charge in [0.05, 0.1) is 0 Å². The summed E-state index contributed by atoms with van der Waals surface area (Å²) in [7, 11) is 0. The summed E-state index contributed by atoms with van der Waals surface area (Å²) in [5.41, 5.74) is 1.33. The van der Waals surface area contributed by atoms with Crippen molar-refractivity contribution < 1.29 is 0 Å². The molecule has 1 aromatic rings. The Labute approximate surface area is 77.0 Å². The van der Waals surface area contributed by atoms with E-state index < -0.39 is 0 Å². The first-order valence-corrected chi connectivity index (χ1v) is 5.33. The van der Waals surface area contributed by atoms with Gasteiger partial charge in [-0.2, -0.15) is 11.8 Å². The summed E-state index contributed by atoms with van der Waals surface area (Å²) in [4.78, 5) is 0. The van der Waals surface area contributed by atoms with Crippen LogP contribution in [-0.2, 0) is 6.42 Å². The minimum absolute atomic E-state index is 0.837. The lowest BCUT2D eigenvalue weighted by Gasteiger charge is -1.98. The van der Waals surface area contributed by atoms with Crippen molar-refractivity contribution in [3.05, 3.63) is 34.9 Å². The Hall–Kier alpha value is -0.140. The van der Waals surface area contributed by atoms with E-state index in [2.05, 4.69) is 12.3 Å². The molecule has 1 aromatic carbocycles. The van der Waals surface area contributed by atoms with Crippen molar-refractivity contribution in [3.63, 3.8) is 0 Å². The van der Waals surface area contributed by atoms with Crippen LogP contribution in [0.25, 0.3) is 0 Å². The average Bonchev–Trinajstić information content (AvgIpc) is 2.01. The molecule has 0 N–H and O–H groups in total. The highest BCUT2D eigenvalue weighted by Gasteiger charge is 1.92. The van der Waals surface area contributed by atoms with E-state index in [9.17, 15) is 0 Å². The van der Waals surface area contributed by atoms with Crippen molar-refractivity contribution in [2.24, 2.45) is 0 Å². The van der Waals surface area contributed by atoms with Gasteiger partial charge in [-0.1, -0.05) is 23.7 Å². The smallest absolute Gasteiger partial charge is 0.0408 e. The molecule has 11 heavy (non-hydrogen) atoms. The SMILES string of the molecule is CSCCc1cccc(Cl)c1. The van der Waals surface area contributed by atoms with Crippen LogP contribution in [0.3, 0.4) is 0 Å². The Morgan fingerprint density at radius 3 is 2.91 bits per heavy atom. The molecule has 0 aromatic heterocycles. The minimum Gasteiger partial charge on any atom is -0.165 e. The Bertz CT molecular complexity index is 223. The van der Waals surface area contributed by atoms with E-state index in [1.807, 2.05) is 30.0 Å². The molecule has 0 fully saturated rings. The second-order valence-corrected chi connectivity index (χ2v) is 3.79. The molecule has 0 aliphatic carbocycles. The molecule has 0 aliphatic heterocycles. The fraction of sp³-hybridized carbons (Fsp3) is 0.333. The molecule has 0 heterocycles. The first-order valence-electron chi connectivity index (χ1n) is 3.56. The summed E-state index contributed by atoms with van der Waals surface area (Å²) >= 11 is 7.68. The maximum absolute atomic E-state index is 5.82. The van der Waals surface area contributed by atoms with Crippen LogP contribution < -0.4 is 0 Å². The van der Waals surface area contributed by atoms with Crippen molar-refractivity contribution in [1.82, 2.24) is 0 Å². The van der Waals surface area contributed by atoms with Crippen LogP contribution in [0, 0.1) is 0 Å². The Kier molecular flexibility index (Phi) is 3.81. The largest absolute Gasteiger partial charge is 0.165 e. The van der Waals surface area contributed by atoms with Crippen LogP contribution in [0.5, 0.6) is 0 Å². The molecule has 0 unspecified atom stereocenters. The predicted octanol–water partition coefficient (Wildman–Crippen LogP) is 3.25. The van der Waals surface area contributed by atoms with Gasteiger partial charge in [-0.3, -0.25) is 0 Å². The topological polar surface area (TPSA) is 0 Å². The number of rotatable bonds is 3. The number of aryl methyl sites for hydroxylation is 1. The van der Waals surface area contributed by atoms with Gasteiger partial charge in [-0.25, -0.2) is 0 Å². The molecule has 0 nitrogen and oxygen atoms in total. The standard InChI is InChI=1S/C9H11ClS/c1-11-6-5-8-3-2-4-9(10)7-8/h2-4,7H,5-6H2,1H3. The zero-order chi connectivity index (χ0) is 8.10. The summed E-state index contributed by atoms with van der Waals surface area (Å²) < 4.78 is 0. The second kappa shape index (κ2) is 4.68. The van der Waals surface area contributed by atoms with Crippen molar-refractivity contribution in [2.75, 3.05) is 12.0 Å². The number of halogens is 1. The Morgan fingerprint density at radius 1 is 1.45 bits per heavy atom. The summed E-state index contributed by atoms with van der Waals surface area (Å²) in [6.45, 7) is 0. The van der Waals surface area contributed by atoms with Crippen LogP contribution in [0.4, 0.5) is 0 Å². The van der Waals surface area contributed by atoms with Gasteiger partial charge < -0.3 is 0 Å². The third-order valence-electron chi connectivity index (χ3n) is 1.48. The lowest BCUT2D eigenvalue weighted by atomic mass is 10.2. The number of thioether (sulfide) groups is 1. The van der Waals surface area contributed by atoms with Crippen LogP contribution in [0.2, 0.25) is 5.02 Å². The number of hydrogen-bond donors (Lipinski definition) is 0. The first-order chi connectivity index (χ1) is 5.33. The van der Waals surface area contributed by atoms with Gasteiger partial charge in [0, 0.05) is 5.02 Å².